The molecule has 3 aromatic heterocycles. The van der Waals surface area contributed by atoms with Crippen LogP contribution in [0.1, 0.15) is 38.3 Å². The van der Waals surface area contributed by atoms with Crippen LogP contribution < -0.4 is 10.6 Å². The van der Waals surface area contributed by atoms with Crippen LogP contribution >= 0.6 is 0 Å². The predicted molar refractivity (Wildman–Crippen MR) is 132 cm³/mol. The third kappa shape index (κ3) is 4.80. The smallest absolute Gasteiger partial charge is 0.210 e. The number of likely N-dealkylation sites (tertiary alicyclic amines) is 1. The van der Waals surface area contributed by atoms with Crippen molar-refractivity contribution in [1.29, 1.82) is 0 Å². The molecule has 8 heteroatoms. The minimum atomic E-state index is 0.198. The Morgan fingerprint density at radius 3 is 2.48 bits per heavy atom. The molecule has 33 heavy (non-hydrogen) atoms. The standard InChI is InChI=1S/C25H30N8/c1-18(2)33-24-22(31-25(33)30-20-8-12-26-13-9-20)23(27-17-28-24)29-21-10-14-32(15-11-21)16-19-6-4-3-5-7-19/h3-9,12-13,17-18,21H,10-11,14-16H2,1-2H3,(H,26,30,31)(H,27,28,29). The summed E-state index contributed by atoms with van der Waals surface area (Å²) in [5.74, 6) is 1.56. The van der Waals surface area contributed by atoms with Gasteiger partial charge in [-0.15, -0.1) is 0 Å². The highest BCUT2D eigenvalue weighted by Crippen LogP contribution is 2.29. The van der Waals surface area contributed by atoms with Crippen LogP contribution in [0.4, 0.5) is 17.5 Å². The fourth-order valence-electron chi connectivity index (χ4n) is 4.43. The van der Waals surface area contributed by atoms with Gasteiger partial charge in [0.1, 0.15) is 6.33 Å². The highest BCUT2D eigenvalue weighted by molar-refractivity contribution is 5.86. The molecule has 170 valence electrons. The summed E-state index contributed by atoms with van der Waals surface area (Å²) in [7, 11) is 0. The third-order valence-electron chi connectivity index (χ3n) is 6.11. The van der Waals surface area contributed by atoms with Gasteiger partial charge in [-0.05, 0) is 44.4 Å². The van der Waals surface area contributed by atoms with Crippen molar-refractivity contribution in [3.63, 3.8) is 0 Å². The van der Waals surface area contributed by atoms with E-state index >= 15 is 0 Å². The van der Waals surface area contributed by atoms with Crippen molar-refractivity contribution in [2.24, 2.45) is 0 Å². The van der Waals surface area contributed by atoms with Crippen molar-refractivity contribution in [1.82, 2.24) is 29.4 Å². The molecule has 0 atom stereocenters. The van der Waals surface area contributed by atoms with Crippen LogP contribution in [0.5, 0.6) is 0 Å². The molecule has 0 saturated carbocycles. The average Bonchev–Trinajstić information content (AvgIpc) is 3.21. The summed E-state index contributed by atoms with van der Waals surface area (Å²) >= 11 is 0. The number of hydrogen-bond acceptors (Lipinski definition) is 7. The van der Waals surface area contributed by atoms with Gasteiger partial charge < -0.3 is 10.6 Å². The van der Waals surface area contributed by atoms with Gasteiger partial charge in [0.15, 0.2) is 17.0 Å². The Labute approximate surface area is 194 Å². The molecule has 1 fully saturated rings. The molecule has 1 aromatic carbocycles. The summed E-state index contributed by atoms with van der Waals surface area (Å²) < 4.78 is 2.12. The first-order valence-corrected chi connectivity index (χ1v) is 11.6. The molecule has 8 nitrogen and oxygen atoms in total. The number of pyridine rings is 1. The van der Waals surface area contributed by atoms with E-state index in [9.17, 15) is 0 Å². The van der Waals surface area contributed by atoms with Gasteiger partial charge in [0.05, 0.1) is 0 Å². The molecule has 0 bridgehead atoms. The van der Waals surface area contributed by atoms with Crippen molar-refractivity contribution < 1.29 is 0 Å². The zero-order valence-corrected chi connectivity index (χ0v) is 19.1. The van der Waals surface area contributed by atoms with E-state index in [-0.39, 0.29) is 6.04 Å². The lowest BCUT2D eigenvalue weighted by Crippen LogP contribution is -2.38. The van der Waals surface area contributed by atoms with Crippen molar-refractivity contribution in [2.75, 3.05) is 23.7 Å². The quantitative estimate of drug-likeness (QED) is 0.432. The molecule has 2 N–H and O–H groups in total. The second-order valence-corrected chi connectivity index (χ2v) is 8.83. The maximum absolute atomic E-state index is 4.90. The number of nitrogens with one attached hydrogen (secondary N) is 2. The van der Waals surface area contributed by atoms with E-state index < -0.39 is 0 Å². The molecular weight excluding hydrogens is 412 g/mol. The van der Waals surface area contributed by atoms with E-state index in [1.54, 1.807) is 18.7 Å². The molecule has 0 radical (unpaired) electrons. The largest absolute Gasteiger partial charge is 0.365 e. The molecule has 1 aliphatic rings. The second-order valence-electron chi connectivity index (χ2n) is 8.83. The fraction of sp³-hybridized carbons (Fsp3) is 0.360. The first-order valence-electron chi connectivity index (χ1n) is 11.6. The van der Waals surface area contributed by atoms with Gasteiger partial charge in [0, 0.05) is 49.8 Å². The van der Waals surface area contributed by atoms with Crippen LogP contribution in [0, 0.1) is 0 Å². The molecule has 4 aromatic rings. The number of nitrogens with zero attached hydrogens (tertiary/aromatic N) is 6. The Hall–Kier alpha value is -3.52. The molecule has 0 aliphatic carbocycles. The molecule has 1 saturated heterocycles. The van der Waals surface area contributed by atoms with E-state index in [2.05, 4.69) is 79.2 Å². The summed E-state index contributed by atoms with van der Waals surface area (Å²) in [5, 5.41) is 7.07. The second kappa shape index (κ2) is 9.54. The minimum absolute atomic E-state index is 0.198. The summed E-state index contributed by atoms with van der Waals surface area (Å²) in [4.78, 5) is 20.6. The maximum Gasteiger partial charge on any atom is 0.210 e. The fourth-order valence-corrected chi connectivity index (χ4v) is 4.43. The van der Waals surface area contributed by atoms with E-state index in [1.807, 2.05) is 12.1 Å². The number of hydrogen-bond donors (Lipinski definition) is 2. The highest BCUT2D eigenvalue weighted by atomic mass is 15.3. The van der Waals surface area contributed by atoms with Crippen LogP contribution in [0.25, 0.3) is 11.2 Å². The van der Waals surface area contributed by atoms with Crippen LogP contribution in [-0.4, -0.2) is 48.5 Å². The zero-order chi connectivity index (χ0) is 22.6. The van der Waals surface area contributed by atoms with Crippen LogP contribution in [0.3, 0.4) is 0 Å². The minimum Gasteiger partial charge on any atom is -0.365 e. The van der Waals surface area contributed by atoms with E-state index in [0.29, 0.717) is 6.04 Å². The van der Waals surface area contributed by atoms with Gasteiger partial charge in [-0.3, -0.25) is 14.5 Å². The summed E-state index contributed by atoms with van der Waals surface area (Å²) in [6.07, 6.45) is 7.31. The molecule has 5 rings (SSSR count). The SMILES string of the molecule is CC(C)n1c(Nc2ccncc2)nc2c(NC3CCN(Cc4ccccc4)CC3)ncnc21. The van der Waals surface area contributed by atoms with Gasteiger partial charge in [-0.1, -0.05) is 30.3 Å². The van der Waals surface area contributed by atoms with Gasteiger partial charge >= 0.3 is 0 Å². The third-order valence-corrected chi connectivity index (χ3v) is 6.11. The van der Waals surface area contributed by atoms with Crippen LogP contribution in [-0.2, 0) is 6.54 Å². The van der Waals surface area contributed by atoms with Gasteiger partial charge in [-0.25, -0.2) is 15.0 Å². The van der Waals surface area contributed by atoms with E-state index in [0.717, 1.165) is 61.1 Å². The topological polar surface area (TPSA) is 83.8 Å². The van der Waals surface area contributed by atoms with Crippen LogP contribution in [0.15, 0.2) is 61.2 Å². The number of aromatic nitrogens is 5. The van der Waals surface area contributed by atoms with Crippen LogP contribution in [0.2, 0.25) is 0 Å². The van der Waals surface area contributed by atoms with Gasteiger partial charge in [-0.2, -0.15) is 0 Å². The maximum atomic E-state index is 4.90. The number of fused-ring (bicyclic) bond motifs is 1. The number of imidazole rings is 1. The lowest BCUT2D eigenvalue weighted by atomic mass is 10.0. The molecule has 4 heterocycles. The van der Waals surface area contributed by atoms with Crippen molar-refractivity contribution in [3.8, 4) is 0 Å². The normalized spacial score (nSPS) is 15.2. The Morgan fingerprint density at radius 1 is 1.00 bits per heavy atom. The highest BCUT2D eigenvalue weighted by Gasteiger charge is 2.23. The summed E-state index contributed by atoms with van der Waals surface area (Å²) in [6, 6.07) is 15.1. The number of anilines is 3. The first-order chi connectivity index (χ1) is 16.2. The Bertz CT molecular complexity index is 1180. The number of benzene rings is 1. The molecular formula is C25H30N8. The zero-order valence-electron chi connectivity index (χ0n) is 19.1. The number of rotatable bonds is 7. The lowest BCUT2D eigenvalue weighted by Gasteiger charge is -2.32. The monoisotopic (exact) mass is 442 g/mol. The lowest BCUT2D eigenvalue weighted by molar-refractivity contribution is 0.211. The molecule has 1 aliphatic heterocycles. The van der Waals surface area contributed by atoms with Gasteiger partial charge in [0.2, 0.25) is 5.95 Å². The summed E-state index contributed by atoms with van der Waals surface area (Å²) in [5.41, 5.74) is 3.94. The molecule has 0 unspecified atom stereocenters. The van der Waals surface area contributed by atoms with E-state index in [1.165, 1.54) is 5.56 Å². The Morgan fingerprint density at radius 2 is 1.76 bits per heavy atom. The van der Waals surface area contributed by atoms with E-state index in [4.69, 9.17) is 4.98 Å². The van der Waals surface area contributed by atoms with Gasteiger partial charge in [0.25, 0.3) is 0 Å². The van der Waals surface area contributed by atoms with Crippen molar-refractivity contribution >= 4 is 28.6 Å². The van der Waals surface area contributed by atoms with Crippen molar-refractivity contribution in [3.05, 3.63) is 66.7 Å². The number of piperidine rings is 1. The predicted octanol–water partition coefficient (Wildman–Crippen LogP) is 4.62. The van der Waals surface area contributed by atoms with Crippen molar-refractivity contribution in [2.45, 2.75) is 45.3 Å². The Balaban J connectivity index is 1.32. The first kappa shape index (κ1) is 21.3. The summed E-state index contributed by atoms with van der Waals surface area (Å²) in [6.45, 7) is 7.41. The molecule has 0 spiro atoms. The molecule has 0 amide bonds. The Kier molecular flexibility index (Phi) is 6.17. The average molecular weight is 443 g/mol.